The molecule has 108 valence electrons. The monoisotopic (exact) mass is 303 g/mol. The van der Waals surface area contributed by atoms with E-state index in [2.05, 4.69) is 15.3 Å². The minimum atomic E-state index is -1.22. The van der Waals surface area contributed by atoms with Gasteiger partial charge in [0.1, 0.15) is 0 Å². The molecule has 7 heteroatoms. The molecule has 0 aliphatic heterocycles. The summed E-state index contributed by atoms with van der Waals surface area (Å²) in [6.07, 6.45) is 2.86. The van der Waals surface area contributed by atoms with Gasteiger partial charge in [-0.15, -0.1) is 11.8 Å². The Bertz CT molecular complexity index is 634. The van der Waals surface area contributed by atoms with Gasteiger partial charge in [-0.25, -0.2) is 14.8 Å². The first kappa shape index (κ1) is 15.0. The number of hydrogen-bond acceptors (Lipinski definition) is 5. The number of anilines is 1. The predicted octanol–water partition coefficient (Wildman–Crippen LogP) is 2.30. The maximum Gasteiger partial charge on any atom is 0.358 e. The molecule has 1 amide bonds. The Morgan fingerprint density at radius 2 is 1.86 bits per heavy atom. The molecule has 2 aromatic rings. The Balaban J connectivity index is 1.86. The minimum absolute atomic E-state index is 0.0280. The first-order valence-electron chi connectivity index (χ1n) is 6.19. The van der Waals surface area contributed by atoms with Crippen molar-refractivity contribution >= 4 is 29.5 Å². The van der Waals surface area contributed by atoms with E-state index in [9.17, 15) is 9.59 Å². The highest BCUT2D eigenvalue weighted by atomic mass is 32.2. The second kappa shape index (κ2) is 7.39. The molecule has 0 aliphatic rings. The second-order valence-electron chi connectivity index (χ2n) is 4.02. The van der Waals surface area contributed by atoms with Crippen LogP contribution in [0.2, 0.25) is 0 Å². The maximum atomic E-state index is 11.8. The van der Waals surface area contributed by atoms with Crippen LogP contribution in [-0.2, 0) is 4.79 Å². The summed E-state index contributed by atoms with van der Waals surface area (Å²) in [5.74, 6) is -0.948. The van der Waals surface area contributed by atoms with Crippen LogP contribution in [-0.4, -0.2) is 32.7 Å². The summed E-state index contributed by atoms with van der Waals surface area (Å²) in [6, 6.07) is 9.72. The molecule has 0 bridgehead atoms. The van der Waals surface area contributed by atoms with Crippen molar-refractivity contribution < 1.29 is 14.7 Å². The number of carboxylic acid groups (broad SMARTS) is 1. The highest BCUT2D eigenvalue weighted by Gasteiger charge is 2.14. The highest BCUT2D eigenvalue weighted by Crippen LogP contribution is 2.18. The normalized spacial score (nSPS) is 10.1. The van der Waals surface area contributed by atoms with Gasteiger partial charge >= 0.3 is 5.97 Å². The van der Waals surface area contributed by atoms with Crippen molar-refractivity contribution in [2.24, 2.45) is 0 Å². The van der Waals surface area contributed by atoms with Gasteiger partial charge in [0.15, 0.2) is 11.5 Å². The molecule has 0 fully saturated rings. The van der Waals surface area contributed by atoms with E-state index >= 15 is 0 Å². The summed E-state index contributed by atoms with van der Waals surface area (Å²) in [5, 5.41) is 11.4. The van der Waals surface area contributed by atoms with Crippen molar-refractivity contribution in [3.8, 4) is 0 Å². The van der Waals surface area contributed by atoms with E-state index in [1.165, 1.54) is 12.4 Å². The molecule has 1 aromatic heterocycles. The Hall–Kier alpha value is -2.41. The SMILES string of the molecule is O=C(CCSc1ccccc1)Nc1nccnc1C(=O)O. The molecule has 1 aromatic carbocycles. The van der Waals surface area contributed by atoms with E-state index in [1.807, 2.05) is 30.3 Å². The van der Waals surface area contributed by atoms with Crippen LogP contribution >= 0.6 is 11.8 Å². The van der Waals surface area contributed by atoms with Gasteiger partial charge in [0.05, 0.1) is 0 Å². The van der Waals surface area contributed by atoms with Gasteiger partial charge < -0.3 is 10.4 Å². The third-order valence-corrected chi connectivity index (χ3v) is 3.51. The summed E-state index contributed by atoms with van der Waals surface area (Å²) in [6.45, 7) is 0. The van der Waals surface area contributed by atoms with Crippen LogP contribution < -0.4 is 5.32 Å². The van der Waals surface area contributed by atoms with E-state index in [-0.39, 0.29) is 23.8 Å². The molecule has 21 heavy (non-hydrogen) atoms. The number of carbonyl (C=O) groups excluding carboxylic acids is 1. The van der Waals surface area contributed by atoms with Gasteiger partial charge in [-0.3, -0.25) is 4.79 Å². The number of nitrogens with one attached hydrogen (secondary N) is 1. The first-order chi connectivity index (χ1) is 10.2. The van der Waals surface area contributed by atoms with E-state index in [0.29, 0.717) is 5.75 Å². The number of nitrogens with zero attached hydrogens (tertiary/aromatic N) is 2. The topological polar surface area (TPSA) is 92.2 Å². The van der Waals surface area contributed by atoms with Crippen molar-refractivity contribution in [3.05, 3.63) is 48.4 Å². The number of thioether (sulfide) groups is 1. The number of carbonyl (C=O) groups is 2. The Morgan fingerprint density at radius 1 is 1.14 bits per heavy atom. The minimum Gasteiger partial charge on any atom is -0.476 e. The van der Waals surface area contributed by atoms with E-state index in [1.54, 1.807) is 11.8 Å². The fourth-order valence-electron chi connectivity index (χ4n) is 1.56. The van der Waals surface area contributed by atoms with E-state index in [4.69, 9.17) is 5.11 Å². The van der Waals surface area contributed by atoms with Gasteiger partial charge in [-0.1, -0.05) is 18.2 Å². The fourth-order valence-corrected chi connectivity index (χ4v) is 2.43. The largest absolute Gasteiger partial charge is 0.476 e. The van der Waals surface area contributed by atoms with E-state index < -0.39 is 5.97 Å². The average Bonchev–Trinajstić information content (AvgIpc) is 2.48. The third kappa shape index (κ3) is 4.57. The lowest BCUT2D eigenvalue weighted by atomic mass is 10.3. The molecule has 0 aliphatic carbocycles. The zero-order valence-electron chi connectivity index (χ0n) is 11.0. The summed E-state index contributed by atoms with van der Waals surface area (Å²) in [5.41, 5.74) is -0.262. The molecule has 0 radical (unpaired) electrons. The Morgan fingerprint density at radius 3 is 2.57 bits per heavy atom. The smallest absolute Gasteiger partial charge is 0.358 e. The molecule has 6 nitrogen and oxygen atoms in total. The molecule has 0 unspecified atom stereocenters. The van der Waals surface area contributed by atoms with Crippen LogP contribution in [0.25, 0.3) is 0 Å². The number of amides is 1. The molecule has 1 heterocycles. The number of hydrogen-bond donors (Lipinski definition) is 2. The van der Waals surface area contributed by atoms with Crippen molar-refractivity contribution in [3.63, 3.8) is 0 Å². The van der Waals surface area contributed by atoms with Gasteiger partial charge in [0, 0.05) is 29.5 Å². The van der Waals surface area contributed by atoms with Crippen LogP contribution in [0, 0.1) is 0 Å². The molecule has 0 saturated carbocycles. The summed E-state index contributed by atoms with van der Waals surface area (Å²) in [4.78, 5) is 31.3. The van der Waals surface area contributed by atoms with E-state index in [0.717, 1.165) is 4.90 Å². The standard InChI is InChI=1S/C14H13N3O3S/c18-11(6-9-21-10-4-2-1-3-5-10)17-13-12(14(19)20)15-7-8-16-13/h1-5,7-8H,6,9H2,(H,19,20)(H,16,17,18). The molecule has 0 spiro atoms. The molecular formula is C14H13N3O3S. The zero-order chi connectivity index (χ0) is 15.1. The van der Waals surface area contributed by atoms with Crippen LogP contribution in [0.15, 0.2) is 47.6 Å². The molecule has 2 N–H and O–H groups in total. The quantitative estimate of drug-likeness (QED) is 0.795. The Kier molecular flexibility index (Phi) is 5.28. The number of aromatic carboxylic acids is 1. The fraction of sp³-hybridized carbons (Fsp3) is 0.143. The number of carboxylic acids is 1. The Labute approximate surface area is 125 Å². The van der Waals surface area contributed by atoms with Crippen LogP contribution in [0.5, 0.6) is 0 Å². The molecule has 0 atom stereocenters. The first-order valence-corrected chi connectivity index (χ1v) is 7.17. The summed E-state index contributed by atoms with van der Waals surface area (Å²) in [7, 11) is 0. The van der Waals surface area contributed by atoms with Crippen LogP contribution in [0.4, 0.5) is 5.82 Å². The summed E-state index contributed by atoms with van der Waals surface area (Å²) < 4.78 is 0. The van der Waals surface area contributed by atoms with Crippen LogP contribution in [0.1, 0.15) is 16.9 Å². The zero-order valence-corrected chi connectivity index (χ0v) is 11.8. The van der Waals surface area contributed by atoms with Crippen LogP contribution in [0.3, 0.4) is 0 Å². The maximum absolute atomic E-state index is 11.8. The van der Waals surface area contributed by atoms with Crippen molar-refractivity contribution in [1.29, 1.82) is 0 Å². The number of rotatable bonds is 6. The van der Waals surface area contributed by atoms with Gasteiger partial charge in [-0.05, 0) is 12.1 Å². The average molecular weight is 303 g/mol. The lowest BCUT2D eigenvalue weighted by molar-refractivity contribution is -0.115. The predicted molar refractivity (Wildman–Crippen MR) is 79.4 cm³/mol. The second-order valence-corrected chi connectivity index (χ2v) is 5.19. The van der Waals surface area contributed by atoms with Gasteiger partial charge in [-0.2, -0.15) is 0 Å². The molecule has 2 rings (SSSR count). The van der Waals surface area contributed by atoms with Crippen molar-refractivity contribution in [2.75, 3.05) is 11.1 Å². The number of benzene rings is 1. The van der Waals surface area contributed by atoms with Gasteiger partial charge in [0.2, 0.25) is 5.91 Å². The molecule has 0 saturated heterocycles. The molecular weight excluding hydrogens is 290 g/mol. The highest BCUT2D eigenvalue weighted by molar-refractivity contribution is 7.99. The lowest BCUT2D eigenvalue weighted by Gasteiger charge is -2.06. The number of aromatic nitrogens is 2. The van der Waals surface area contributed by atoms with Crippen molar-refractivity contribution in [1.82, 2.24) is 9.97 Å². The van der Waals surface area contributed by atoms with Gasteiger partial charge in [0.25, 0.3) is 0 Å². The lowest BCUT2D eigenvalue weighted by Crippen LogP contribution is -2.17. The summed E-state index contributed by atoms with van der Waals surface area (Å²) >= 11 is 1.56. The third-order valence-electron chi connectivity index (χ3n) is 2.50. The van der Waals surface area contributed by atoms with Crippen molar-refractivity contribution in [2.45, 2.75) is 11.3 Å².